The van der Waals surface area contributed by atoms with E-state index >= 15 is 0 Å². The Morgan fingerprint density at radius 2 is 1.58 bits per heavy atom. The first-order valence-electron chi connectivity index (χ1n) is 8.94. The lowest BCUT2D eigenvalue weighted by atomic mass is 10.00. The summed E-state index contributed by atoms with van der Waals surface area (Å²) in [5, 5.41) is 0. The summed E-state index contributed by atoms with van der Waals surface area (Å²) >= 11 is 0. The van der Waals surface area contributed by atoms with Gasteiger partial charge in [0.05, 0.1) is 18.6 Å². The second-order valence-corrected chi connectivity index (χ2v) is 6.82. The maximum Gasteiger partial charge on any atom is 0.338 e. The molecule has 0 aliphatic rings. The van der Waals surface area contributed by atoms with Crippen LogP contribution in [-0.2, 0) is 20.7 Å². The summed E-state index contributed by atoms with van der Waals surface area (Å²) in [4.78, 5) is 24.3. The fourth-order valence-corrected chi connectivity index (χ4v) is 2.53. The topological polar surface area (TPSA) is 52.6 Å². The molecule has 0 aliphatic heterocycles. The molecule has 4 heteroatoms. The second kappa shape index (κ2) is 9.76. The van der Waals surface area contributed by atoms with E-state index in [9.17, 15) is 9.59 Å². The molecule has 0 N–H and O–H groups in total. The lowest BCUT2D eigenvalue weighted by Gasteiger charge is -2.15. The van der Waals surface area contributed by atoms with Crippen LogP contribution in [0.2, 0.25) is 0 Å². The van der Waals surface area contributed by atoms with Crippen molar-refractivity contribution in [1.82, 2.24) is 0 Å². The van der Waals surface area contributed by atoms with Crippen molar-refractivity contribution in [2.75, 3.05) is 6.61 Å². The predicted molar refractivity (Wildman–Crippen MR) is 101 cm³/mol. The molecular weight excluding hydrogens is 328 g/mol. The van der Waals surface area contributed by atoms with E-state index in [0.29, 0.717) is 18.6 Å². The monoisotopic (exact) mass is 354 g/mol. The molecular formula is C22H26O4. The fourth-order valence-electron chi connectivity index (χ4n) is 2.53. The SMILES string of the molecule is CC(C)COC(=O)CC(C)OC(=O)c1ccccc1Cc1ccccc1. The highest BCUT2D eigenvalue weighted by molar-refractivity contribution is 5.91. The van der Waals surface area contributed by atoms with Gasteiger partial charge in [-0.1, -0.05) is 62.4 Å². The van der Waals surface area contributed by atoms with E-state index in [1.54, 1.807) is 13.0 Å². The highest BCUT2D eigenvalue weighted by Crippen LogP contribution is 2.17. The molecule has 0 heterocycles. The molecule has 0 aromatic heterocycles. The zero-order valence-electron chi connectivity index (χ0n) is 15.6. The normalized spacial score (nSPS) is 11.8. The Morgan fingerprint density at radius 1 is 0.923 bits per heavy atom. The quantitative estimate of drug-likeness (QED) is 0.659. The zero-order chi connectivity index (χ0) is 18.9. The minimum absolute atomic E-state index is 0.0549. The number of carbonyl (C=O) groups is 2. The average molecular weight is 354 g/mol. The number of hydrogen-bond acceptors (Lipinski definition) is 4. The van der Waals surface area contributed by atoms with Crippen LogP contribution >= 0.6 is 0 Å². The summed E-state index contributed by atoms with van der Waals surface area (Å²) in [6.45, 7) is 6.02. The van der Waals surface area contributed by atoms with Gasteiger partial charge in [-0.15, -0.1) is 0 Å². The third-order valence-electron chi connectivity index (χ3n) is 3.81. The Labute approximate surface area is 155 Å². The average Bonchev–Trinajstić information content (AvgIpc) is 2.61. The van der Waals surface area contributed by atoms with E-state index in [1.165, 1.54) is 0 Å². The lowest BCUT2D eigenvalue weighted by molar-refractivity contribution is -0.146. The van der Waals surface area contributed by atoms with Crippen molar-refractivity contribution >= 4 is 11.9 Å². The molecule has 138 valence electrons. The molecule has 2 rings (SSSR count). The highest BCUT2D eigenvalue weighted by atomic mass is 16.6. The number of ether oxygens (including phenoxy) is 2. The first-order chi connectivity index (χ1) is 12.5. The van der Waals surface area contributed by atoms with Crippen LogP contribution in [0.4, 0.5) is 0 Å². The summed E-state index contributed by atoms with van der Waals surface area (Å²) in [5.74, 6) is -0.487. The zero-order valence-corrected chi connectivity index (χ0v) is 15.6. The molecule has 0 aliphatic carbocycles. The van der Waals surface area contributed by atoms with Crippen molar-refractivity contribution in [2.24, 2.45) is 5.92 Å². The number of esters is 2. The predicted octanol–water partition coefficient (Wildman–Crippen LogP) is 4.41. The van der Waals surface area contributed by atoms with Crippen LogP contribution in [-0.4, -0.2) is 24.6 Å². The van der Waals surface area contributed by atoms with Crippen molar-refractivity contribution < 1.29 is 19.1 Å². The number of benzene rings is 2. The summed E-state index contributed by atoms with van der Waals surface area (Å²) in [5.41, 5.74) is 2.55. The summed E-state index contributed by atoms with van der Waals surface area (Å²) in [7, 11) is 0. The molecule has 0 radical (unpaired) electrons. The van der Waals surface area contributed by atoms with Crippen molar-refractivity contribution in [1.29, 1.82) is 0 Å². The van der Waals surface area contributed by atoms with Gasteiger partial charge in [-0.25, -0.2) is 4.79 Å². The van der Waals surface area contributed by atoms with E-state index < -0.39 is 12.1 Å². The van der Waals surface area contributed by atoms with E-state index in [4.69, 9.17) is 9.47 Å². The maximum atomic E-state index is 12.5. The van der Waals surface area contributed by atoms with Gasteiger partial charge >= 0.3 is 11.9 Å². The van der Waals surface area contributed by atoms with E-state index in [1.807, 2.05) is 62.4 Å². The Kier molecular flexibility index (Phi) is 7.39. The van der Waals surface area contributed by atoms with Crippen LogP contribution in [0.5, 0.6) is 0 Å². The first kappa shape index (κ1) is 19.7. The van der Waals surface area contributed by atoms with Crippen LogP contribution in [0.25, 0.3) is 0 Å². The molecule has 0 spiro atoms. The summed E-state index contributed by atoms with van der Waals surface area (Å²) in [6, 6.07) is 17.3. The maximum absolute atomic E-state index is 12.5. The molecule has 26 heavy (non-hydrogen) atoms. The minimum Gasteiger partial charge on any atom is -0.465 e. The fraction of sp³-hybridized carbons (Fsp3) is 0.364. The Hall–Kier alpha value is -2.62. The number of rotatable bonds is 8. The number of hydrogen-bond donors (Lipinski definition) is 0. The number of carbonyl (C=O) groups excluding carboxylic acids is 2. The van der Waals surface area contributed by atoms with Gasteiger partial charge in [-0.3, -0.25) is 4.79 Å². The smallest absolute Gasteiger partial charge is 0.338 e. The standard InChI is InChI=1S/C22H26O4/c1-16(2)15-25-21(23)13-17(3)26-22(24)20-12-8-7-11-19(20)14-18-9-5-4-6-10-18/h4-12,16-17H,13-15H2,1-3H3. The molecule has 1 unspecified atom stereocenters. The van der Waals surface area contributed by atoms with Gasteiger partial charge < -0.3 is 9.47 Å². The third kappa shape index (κ3) is 6.36. The van der Waals surface area contributed by atoms with Crippen LogP contribution in [0.1, 0.15) is 48.7 Å². The van der Waals surface area contributed by atoms with Crippen LogP contribution in [0.3, 0.4) is 0 Å². The molecule has 0 saturated carbocycles. The molecule has 0 fully saturated rings. The van der Waals surface area contributed by atoms with E-state index in [-0.39, 0.29) is 18.3 Å². The van der Waals surface area contributed by atoms with Gasteiger partial charge in [-0.2, -0.15) is 0 Å². The molecule has 1 atom stereocenters. The Balaban J connectivity index is 1.98. The Morgan fingerprint density at radius 3 is 2.27 bits per heavy atom. The van der Waals surface area contributed by atoms with Crippen molar-refractivity contribution in [2.45, 2.75) is 39.7 Å². The van der Waals surface area contributed by atoms with Gasteiger partial charge in [-0.05, 0) is 36.5 Å². The van der Waals surface area contributed by atoms with Crippen molar-refractivity contribution in [3.63, 3.8) is 0 Å². The highest BCUT2D eigenvalue weighted by Gasteiger charge is 2.18. The van der Waals surface area contributed by atoms with Gasteiger partial charge in [0.25, 0.3) is 0 Å². The van der Waals surface area contributed by atoms with Gasteiger partial charge in [0.15, 0.2) is 0 Å². The van der Waals surface area contributed by atoms with Gasteiger partial charge in [0, 0.05) is 0 Å². The molecule has 2 aromatic rings. The van der Waals surface area contributed by atoms with Gasteiger partial charge in [0.2, 0.25) is 0 Å². The second-order valence-electron chi connectivity index (χ2n) is 6.82. The van der Waals surface area contributed by atoms with Crippen molar-refractivity contribution in [3.8, 4) is 0 Å². The minimum atomic E-state index is -0.535. The first-order valence-corrected chi connectivity index (χ1v) is 8.94. The van der Waals surface area contributed by atoms with Crippen LogP contribution in [0, 0.1) is 5.92 Å². The Bertz CT molecular complexity index is 722. The molecule has 0 bridgehead atoms. The van der Waals surface area contributed by atoms with E-state index in [0.717, 1.165) is 11.1 Å². The van der Waals surface area contributed by atoms with Crippen molar-refractivity contribution in [3.05, 3.63) is 71.3 Å². The summed E-state index contributed by atoms with van der Waals surface area (Å²) in [6.07, 6.45) is 0.169. The molecule has 0 saturated heterocycles. The van der Waals surface area contributed by atoms with Gasteiger partial charge in [0.1, 0.15) is 6.10 Å². The van der Waals surface area contributed by atoms with Crippen LogP contribution in [0.15, 0.2) is 54.6 Å². The van der Waals surface area contributed by atoms with E-state index in [2.05, 4.69) is 0 Å². The third-order valence-corrected chi connectivity index (χ3v) is 3.81. The lowest BCUT2D eigenvalue weighted by Crippen LogP contribution is -2.21. The largest absolute Gasteiger partial charge is 0.465 e. The molecule has 4 nitrogen and oxygen atoms in total. The molecule has 0 amide bonds. The van der Waals surface area contributed by atoms with Crippen LogP contribution < -0.4 is 0 Å². The molecule has 2 aromatic carbocycles. The summed E-state index contributed by atoms with van der Waals surface area (Å²) < 4.78 is 10.6.